The number of amides is 2. The lowest BCUT2D eigenvalue weighted by Gasteiger charge is -2.48. The van der Waals surface area contributed by atoms with E-state index < -0.39 is 29.2 Å². The number of carbonyl (C=O) groups excluding carboxylic acids is 2. The highest BCUT2D eigenvalue weighted by Crippen LogP contribution is 2.37. The number of nitrogen functional groups attached to an aromatic ring is 1. The van der Waals surface area contributed by atoms with Crippen molar-refractivity contribution in [3.8, 4) is 0 Å². The second-order valence-electron chi connectivity index (χ2n) is 7.59. The van der Waals surface area contributed by atoms with Crippen molar-refractivity contribution in [2.75, 3.05) is 11.5 Å². The summed E-state index contributed by atoms with van der Waals surface area (Å²) in [4.78, 5) is 47.7. The van der Waals surface area contributed by atoms with Gasteiger partial charge in [0.25, 0.3) is 11.8 Å². The standard InChI is InChI=1S/C21H22N6O5S2.2ClH/c1-10(22)12-4-2-11(3-5-12)8-32-26-15(13-9-34-21(23)24-13)17(28)25-16-18(29)27-14(20(30)31)6-7-33-19(16)27;;/h2-6,9-10,16,19H,7-8,22H2,1H3,(H2,23,24)(H,25,28)(H,30,31);2*1H/b26-15-;;/t10?,16?,19-;;/m1../s1. The fraction of sp³-hybridized carbons (Fsp3) is 0.286. The minimum absolute atomic E-state index is 0. The average Bonchev–Trinajstić information content (AvgIpc) is 3.25. The van der Waals surface area contributed by atoms with Crippen LogP contribution in [0, 0.1) is 0 Å². The van der Waals surface area contributed by atoms with E-state index in [4.69, 9.17) is 16.3 Å². The molecule has 0 aliphatic carbocycles. The van der Waals surface area contributed by atoms with Gasteiger partial charge in [0.1, 0.15) is 29.4 Å². The lowest BCUT2D eigenvalue weighted by atomic mass is 10.0. The minimum atomic E-state index is -1.19. The van der Waals surface area contributed by atoms with E-state index in [9.17, 15) is 19.5 Å². The first-order valence-corrected chi connectivity index (χ1v) is 12.1. The zero-order valence-electron chi connectivity index (χ0n) is 18.8. The third-order valence-electron chi connectivity index (χ3n) is 5.22. The molecule has 1 saturated heterocycles. The van der Waals surface area contributed by atoms with Gasteiger partial charge >= 0.3 is 5.97 Å². The van der Waals surface area contributed by atoms with Crippen molar-refractivity contribution in [2.45, 2.75) is 31.0 Å². The number of nitrogens with zero attached hydrogens (tertiary/aromatic N) is 3. The predicted molar refractivity (Wildman–Crippen MR) is 142 cm³/mol. The first-order valence-electron chi connectivity index (χ1n) is 10.2. The number of β-lactam (4-membered cyclic amide) rings is 1. The van der Waals surface area contributed by atoms with E-state index in [-0.39, 0.29) is 59.7 Å². The molecule has 0 spiro atoms. The number of fused-ring (bicyclic) bond motifs is 1. The first-order chi connectivity index (χ1) is 16.3. The van der Waals surface area contributed by atoms with Crippen LogP contribution in [0.3, 0.4) is 0 Å². The molecule has 0 bridgehead atoms. The zero-order valence-corrected chi connectivity index (χ0v) is 22.1. The van der Waals surface area contributed by atoms with Crippen LogP contribution in [0.1, 0.15) is 29.8 Å². The molecule has 194 valence electrons. The number of nitrogens with one attached hydrogen (secondary N) is 1. The lowest BCUT2D eigenvalue weighted by molar-refractivity contribution is -0.150. The van der Waals surface area contributed by atoms with E-state index in [0.29, 0.717) is 5.75 Å². The van der Waals surface area contributed by atoms with E-state index in [0.717, 1.165) is 22.5 Å². The maximum absolute atomic E-state index is 13.0. The summed E-state index contributed by atoms with van der Waals surface area (Å²) < 4.78 is 0. The van der Waals surface area contributed by atoms with Crippen molar-refractivity contribution in [2.24, 2.45) is 10.9 Å². The summed E-state index contributed by atoms with van der Waals surface area (Å²) in [6, 6.07) is 6.49. The second-order valence-corrected chi connectivity index (χ2v) is 9.63. The van der Waals surface area contributed by atoms with Crippen LogP contribution in [0.25, 0.3) is 0 Å². The van der Waals surface area contributed by atoms with Crippen molar-refractivity contribution in [1.29, 1.82) is 0 Å². The molecular weight excluding hydrogens is 551 g/mol. The number of hydrogen-bond donors (Lipinski definition) is 4. The lowest BCUT2D eigenvalue weighted by Crippen LogP contribution is -2.70. The van der Waals surface area contributed by atoms with Gasteiger partial charge in [0, 0.05) is 17.2 Å². The van der Waals surface area contributed by atoms with Crippen LogP contribution in [0.2, 0.25) is 0 Å². The Morgan fingerprint density at radius 2 is 2.03 bits per heavy atom. The number of carboxylic acid groups (broad SMARTS) is 1. The summed E-state index contributed by atoms with van der Waals surface area (Å²) in [5.74, 6) is -1.96. The normalized spacial score (nSPS) is 19.5. The summed E-state index contributed by atoms with van der Waals surface area (Å²) in [7, 11) is 0. The third-order valence-corrected chi connectivity index (χ3v) is 7.08. The van der Waals surface area contributed by atoms with E-state index in [2.05, 4.69) is 15.5 Å². The van der Waals surface area contributed by atoms with Crippen LogP contribution in [0.5, 0.6) is 0 Å². The van der Waals surface area contributed by atoms with Crippen molar-refractivity contribution >= 4 is 76.5 Å². The van der Waals surface area contributed by atoms with Gasteiger partial charge in [-0.15, -0.1) is 47.9 Å². The zero-order chi connectivity index (χ0) is 24.4. The molecule has 1 aromatic carbocycles. The van der Waals surface area contributed by atoms with Crippen LogP contribution in [-0.2, 0) is 25.8 Å². The largest absolute Gasteiger partial charge is 0.477 e. The molecule has 1 aromatic heterocycles. The first kappa shape index (κ1) is 29.4. The van der Waals surface area contributed by atoms with Crippen LogP contribution in [0.4, 0.5) is 5.13 Å². The Labute approximate surface area is 227 Å². The molecule has 1 fully saturated rings. The molecule has 2 amide bonds. The Bertz CT molecular complexity index is 1190. The van der Waals surface area contributed by atoms with Gasteiger partial charge in [-0.2, -0.15) is 0 Å². The van der Waals surface area contributed by atoms with Crippen molar-refractivity contribution in [3.63, 3.8) is 0 Å². The smallest absolute Gasteiger partial charge is 0.352 e. The SMILES string of the molecule is CC(N)c1ccc(CO/N=C(\C(=O)NC2C(=O)N3C(C(=O)O)=CCS[C@H]23)c2csc(N)n2)cc1.Cl.Cl. The fourth-order valence-electron chi connectivity index (χ4n) is 3.44. The summed E-state index contributed by atoms with van der Waals surface area (Å²) in [6.07, 6.45) is 1.47. The number of nitrogens with two attached hydrogens (primary N) is 2. The third kappa shape index (κ3) is 6.10. The number of thiazole rings is 1. The quantitative estimate of drug-likeness (QED) is 0.208. The van der Waals surface area contributed by atoms with E-state index in [1.807, 2.05) is 31.2 Å². The molecule has 2 aliphatic heterocycles. The average molecular weight is 576 g/mol. The van der Waals surface area contributed by atoms with Gasteiger partial charge in [-0.3, -0.25) is 14.5 Å². The van der Waals surface area contributed by atoms with Gasteiger partial charge in [0.2, 0.25) is 0 Å². The van der Waals surface area contributed by atoms with Crippen molar-refractivity contribution in [3.05, 3.63) is 58.2 Å². The Morgan fingerprint density at radius 1 is 1.33 bits per heavy atom. The van der Waals surface area contributed by atoms with Gasteiger partial charge in [0.15, 0.2) is 10.8 Å². The summed E-state index contributed by atoms with van der Waals surface area (Å²) in [6.45, 7) is 1.98. The predicted octanol–water partition coefficient (Wildman–Crippen LogP) is 1.88. The maximum Gasteiger partial charge on any atom is 0.352 e. The molecular formula is C21H24Cl2N6O5S2. The number of hydrogen-bond acceptors (Lipinski definition) is 10. The number of carboxylic acids is 1. The summed E-state index contributed by atoms with van der Waals surface area (Å²) in [5.41, 5.74) is 13.4. The van der Waals surface area contributed by atoms with Gasteiger partial charge in [0.05, 0.1) is 0 Å². The number of carbonyl (C=O) groups is 3. The molecule has 2 aromatic rings. The van der Waals surface area contributed by atoms with E-state index in [1.54, 1.807) is 5.38 Å². The second kappa shape index (κ2) is 12.4. The van der Waals surface area contributed by atoms with Gasteiger partial charge in [-0.1, -0.05) is 29.4 Å². The number of benzene rings is 1. The van der Waals surface area contributed by atoms with Crippen LogP contribution >= 0.6 is 47.9 Å². The van der Waals surface area contributed by atoms with Gasteiger partial charge < -0.3 is 26.7 Å². The monoisotopic (exact) mass is 574 g/mol. The fourth-order valence-corrected chi connectivity index (χ4v) is 5.18. The molecule has 6 N–H and O–H groups in total. The highest BCUT2D eigenvalue weighted by molar-refractivity contribution is 8.00. The molecule has 3 atom stereocenters. The van der Waals surface area contributed by atoms with Crippen LogP contribution < -0.4 is 16.8 Å². The number of aromatic nitrogens is 1. The summed E-state index contributed by atoms with van der Waals surface area (Å²) >= 11 is 2.49. The molecule has 36 heavy (non-hydrogen) atoms. The van der Waals surface area contributed by atoms with Gasteiger partial charge in [-0.25, -0.2) is 9.78 Å². The van der Waals surface area contributed by atoms with Crippen molar-refractivity contribution in [1.82, 2.24) is 15.2 Å². The molecule has 0 radical (unpaired) electrons. The molecule has 0 saturated carbocycles. The highest BCUT2D eigenvalue weighted by atomic mass is 35.5. The molecule has 15 heteroatoms. The summed E-state index contributed by atoms with van der Waals surface area (Å²) in [5, 5.41) is 17.2. The molecule has 2 aliphatic rings. The number of oxime groups is 1. The minimum Gasteiger partial charge on any atom is -0.477 e. The number of aliphatic carboxylic acids is 1. The van der Waals surface area contributed by atoms with E-state index >= 15 is 0 Å². The number of thioether (sulfide) groups is 1. The molecule has 2 unspecified atom stereocenters. The number of halogens is 2. The molecule has 3 heterocycles. The van der Waals surface area contributed by atoms with Crippen LogP contribution in [-0.4, -0.2) is 55.7 Å². The Morgan fingerprint density at radius 3 is 2.61 bits per heavy atom. The van der Waals surface area contributed by atoms with E-state index in [1.165, 1.54) is 22.7 Å². The maximum atomic E-state index is 13.0. The topological polar surface area (TPSA) is 173 Å². The van der Waals surface area contributed by atoms with Gasteiger partial charge in [-0.05, 0) is 24.1 Å². The van der Waals surface area contributed by atoms with Crippen molar-refractivity contribution < 1.29 is 24.3 Å². The highest BCUT2D eigenvalue weighted by Gasteiger charge is 2.53. The Kier molecular flexibility index (Phi) is 10.1. The Balaban J connectivity index is 0.00000228. The Hall–Kier alpha value is -2.84. The molecule has 4 rings (SSSR count). The number of rotatable bonds is 8. The van der Waals surface area contributed by atoms with Crippen LogP contribution in [0.15, 0.2) is 46.6 Å². The molecule has 11 nitrogen and oxygen atoms in total. The number of anilines is 1.